The highest BCUT2D eigenvalue weighted by molar-refractivity contribution is 5.34. The molecule has 0 aliphatic carbocycles. The van der Waals surface area contributed by atoms with Gasteiger partial charge in [0.15, 0.2) is 11.6 Å². The monoisotopic (exact) mass is 270 g/mol. The highest BCUT2D eigenvalue weighted by atomic mass is 19.1. The summed E-state index contributed by atoms with van der Waals surface area (Å²) in [5, 5.41) is 3.24. The van der Waals surface area contributed by atoms with Crippen LogP contribution in [0, 0.1) is 11.6 Å². The first-order valence-electron chi connectivity index (χ1n) is 6.65. The molecule has 1 aliphatic heterocycles. The van der Waals surface area contributed by atoms with Crippen molar-refractivity contribution in [2.45, 2.75) is 19.4 Å². The van der Waals surface area contributed by atoms with Crippen LogP contribution in [0.25, 0.3) is 0 Å². The lowest BCUT2D eigenvalue weighted by Gasteiger charge is -2.35. The van der Waals surface area contributed by atoms with Crippen molar-refractivity contribution in [1.82, 2.24) is 10.2 Å². The summed E-state index contributed by atoms with van der Waals surface area (Å²) in [5.41, 5.74) is 0.128. The van der Waals surface area contributed by atoms with E-state index in [1.807, 2.05) is 6.92 Å². The molecule has 1 aliphatic rings. The third kappa shape index (κ3) is 2.87. The number of halogens is 2. The lowest BCUT2D eigenvalue weighted by molar-refractivity contribution is 0.162. The number of benzene rings is 1. The molecule has 2 rings (SSSR count). The van der Waals surface area contributed by atoms with Gasteiger partial charge in [-0.15, -0.1) is 0 Å². The van der Waals surface area contributed by atoms with E-state index in [0.717, 1.165) is 26.2 Å². The lowest BCUT2D eigenvalue weighted by atomic mass is 10.00. The maximum absolute atomic E-state index is 14.3. The number of hydrogen-bond donors (Lipinski definition) is 1. The molecule has 0 unspecified atom stereocenters. The first-order valence-corrected chi connectivity index (χ1v) is 6.65. The van der Waals surface area contributed by atoms with Gasteiger partial charge in [0.1, 0.15) is 5.82 Å². The zero-order chi connectivity index (χ0) is 13.8. The highest BCUT2D eigenvalue weighted by Crippen LogP contribution is 2.33. The summed E-state index contributed by atoms with van der Waals surface area (Å²) in [5.74, 6) is -0.971. The molecule has 0 radical (unpaired) electrons. The number of ether oxygens (including phenoxy) is 1. The van der Waals surface area contributed by atoms with Gasteiger partial charge in [0.05, 0.1) is 7.11 Å². The van der Waals surface area contributed by atoms with Crippen LogP contribution in [0.1, 0.15) is 24.9 Å². The standard InChI is InChI=1S/C14H20F2N2O/c1-3-11(18-8-6-17-7-9-18)13-10(15)4-5-12(19-2)14(13)16/h4-5,11,17H,3,6-9H2,1-2H3/t11-/m0/s1. The molecule has 0 aromatic heterocycles. The molecule has 1 aromatic carbocycles. The highest BCUT2D eigenvalue weighted by Gasteiger charge is 2.27. The SMILES string of the molecule is CC[C@@H](c1c(F)ccc(OC)c1F)N1CCNCC1. The van der Waals surface area contributed by atoms with Crippen LogP contribution in [0.15, 0.2) is 12.1 Å². The average Bonchev–Trinajstić information content (AvgIpc) is 2.44. The van der Waals surface area contributed by atoms with Crippen LogP contribution in [-0.2, 0) is 0 Å². The minimum Gasteiger partial charge on any atom is -0.494 e. The molecule has 19 heavy (non-hydrogen) atoms. The minimum atomic E-state index is -0.576. The molecular formula is C14H20F2N2O. The summed E-state index contributed by atoms with van der Waals surface area (Å²) in [7, 11) is 1.39. The van der Waals surface area contributed by atoms with E-state index in [1.54, 1.807) is 0 Å². The molecular weight excluding hydrogens is 250 g/mol. The maximum atomic E-state index is 14.3. The Morgan fingerprint density at radius 2 is 2.00 bits per heavy atom. The normalized spacial score (nSPS) is 18.3. The predicted molar refractivity (Wildman–Crippen MR) is 70.4 cm³/mol. The van der Waals surface area contributed by atoms with Gasteiger partial charge in [-0.25, -0.2) is 8.78 Å². The van der Waals surface area contributed by atoms with Crippen molar-refractivity contribution in [1.29, 1.82) is 0 Å². The second kappa shape index (κ2) is 6.30. The van der Waals surface area contributed by atoms with Gasteiger partial charge in [-0.05, 0) is 18.6 Å². The van der Waals surface area contributed by atoms with Gasteiger partial charge < -0.3 is 10.1 Å². The molecule has 0 spiro atoms. The Labute approximate surface area is 112 Å². The van der Waals surface area contributed by atoms with Crippen molar-refractivity contribution in [3.8, 4) is 5.75 Å². The third-order valence-electron chi connectivity index (χ3n) is 3.62. The molecule has 1 N–H and O–H groups in total. The second-order valence-corrected chi connectivity index (χ2v) is 4.69. The Bertz CT molecular complexity index is 434. The maximum Gasteiger partial charge on any atom is 0.172 e. The number of nitrogens with zero attached hydrogens (tertiary/aromatic N) is 1. The van der Waals surface area contributed by atoms with Crippen LogP contribution in [0.2, 0.25) is 0 Å². The summed E-state index contributed by atoms with van der Waals surface area (Å²) in [6.07, 6.45) is 0.668. The van der Waals surface area contributed by atoms with E-state index in [4.69, 9.17) is 4.74 Å². The molecule has 0 amide bonds. The van der Waals surface area contributed by atoms with E-state index in [1.165, 1.54) is 19.2 Å². The first-order chi connectivity index (χ1) is 9.19. The smallest absolute Gasteiger partial charge is 0.172 e. The number of rotatable bonds is 4. The first kappa shape index (κ1) is 14.2. The largest absolute Gasteiger partial charge is 0.494 e. The van der Waals surface area contributed by atoms with Gasteiger partial charge in [0, 0.05) is 37.8 Å². The molecule has 5 heteroatoms. The van der Waals surface area contributed by atoms with Gasteiger partial charge in [-0.2, -0.15) is 0 Å². The predicted octanol–water partition coefficient (Wildman–Crippen LogP) is 2.33. The van der Waals surface area contributed by atoms with E-state index in [9.17, 15) is 8.78 Å². The fourth-order valence-electron chi connectivity index (χ4n) is 2.65. The van der Waals surface area contributed by atoms with Gasteiger partial charge in [-0.3, -0.25) is 4.90 Å². The van der Waals surface area contributed by atoms with Gasteiger partial charge in [-0.1, -0.05) is 6.92 Å². The molecule has 3 nitrogen and oxygen atoms in total. The van der Waals surface area contributed by atoms with Crippen molar-refractivity contribution in [2.75, 3.05) is 33.3 Å². The number of methoxy groups -OCH3 is 1. The molecule has 1 aromatic rings. The van der Waals surface area contributed by atoms with E-state index in [2.05, 4.69) is 10.2 Å². The molecule has 1 fully saturated rings. The molecule has 0 saturated carbocycles. The third-order valence-corrected chi connectivity index (χ3v) is 3.62. The fourth-order valence-corrected chi connectivity index (χ4v) is 2.65. The van der Waals surface area contributed by atoms with Crippen molar-refractivity contribution in [3.05, 3.63) is 29.3 Å². The van der Waals surface area contributed by atoms with E-state index in [-0.39, 0.29) is 17.4 Å². The minimum absolute atomic E-state index is 0.102. The topological polar surface area (TPSA) is 24.5 Å². The number of hydrogen-bond acceptors (Lipinski definition) is 3. The van der Waals surface area contributed by atoms with Gasteiger partial charge in [0.2, 0.25) is 0 Å². The number of piperazine rings is 1. The summed E-state index contributed by atoms with van der Waals surface area (Å²) in [6.45, 7) is 5.25. The van der Waals surface area contributed by atoms with E-state index >= 15 is 0 Å². The summed E-state index contributed by atoms with van der Waals surface area (Å²) >= 11 is 0. The Morgan fingerprint density at radius 3 is 2.58 bits per heavy atom. The van der Waals surface area contributed by atoms with Crippen molar-refractivity contribution in [3.63, 3.8) is 0 Å². The zero-order valence-electron chi connectivity index (χ0n) is 11.4. The Kier molecular flexibility index (Phi) is 4.71. The van der Waals surface area contributed by atoms with Crippen molar-refractivity contribution in [2.24, 2.45) is 0 Å². The molecule has 1 heterocycles. The second-order valence-electron chi connectivity index (χ2n) is 4.69. The summed E-state index contributed by atoms with van der Waals surface area (Å²) in [4.78, 5) is 2.12. The van der Waals surface area contributed by atoms with Crippen LogP contribution in [0.4, 0.5) is 8.78 Å². The Hall–Kier alpha value is -1.20. The summed E-state index contributed by atoms with van der Waals surface area (Å²) in [6, 6.07) is 2.37. The van der Waals surface area contributed by atoms with E-state index in [0.29, 0.717) is 6.42 Å². The van der Waals surface area contributed by atoms with Crippen LogP contribution < -0.4 is 10.1 Å². The van der Waals surface area contributed by atoms with Crippen molar-refractivity contribution >= 4 is 0 Å². The van der Waals surface area contributed by atoms with Crippen LogP contribution in [-0.4, -0.2) is 38.2 Å². The molecule has 1 saturated heterocycles. The number of nitrogens with one attached hydrogen (secondary N) is 1. The lowest BCUT2D eigenvalue weighted by Crippen LogP contribution is -2.45. The summed E-state index contributed by atoms with van der Waals surface area (Å²) < 4.78 is 33.3. The Balaban J connectivity index is 2.36. The Morgan fingerprint density at radius 1 is 1.32 bits per heavy atom. The average molecular weight is 270 g/mol. The fraction of sp³-hybridized carbons (Fsp3) is 0.571. The molecule has 1 atom stereocenters. The van der Waals surface area contributed by atoms with Gasteiger partial charge in [0.25, 0.3) is 0 Å². The zero-order valence-corrected chi connectivity index (χ0v) is 11.4. The van der Waals surface area contributed by atoms with Crippen LogP contribution >= 0.6 is 0 Å². The molecule has 0 bridgehead atoms. The molecule has 106 valence electrons. The van der Waals surface area contributed by atoms with E-state index < -0.39 is 11.6 Å². The van der Waals surface area contributed by atoms with Crippen LogP contribution in [0.3, 0.4) is 0 Å². The van der Waals surface area contributed by atoms with Crippen LogP contribution in [0.5, 0.6) is 5.75 Å². The van der Waals surface area contributed by atoms with Crippen molar-refractivity contribution < 1.29 is 13.5 Å². The van der Waals surface area contributed by atoms with Gasteiger partial charge >= 0.3 is 0 Å². The quantitative estimate of drug-likeness (QED) is 0.909.